The average Bonchev–Trinajstić information content (AvgIpc) is 2.37. The molecule has 0 aliphatic carbocycles. The molecule has 2 N–H and O–H groups in total. The molecule has 4 heteroatoms. The minimum absolute atomic E-state index is 0.0445. The lowest BCUT2D eigenvalue weighted by atomic mass is 10.1. The topological polar surface area (TPSA) is 52.6 Å². The monoisotopic (exact) mass is 250 g/mol. The summed E-state index contributed by atoms with van der Waals surface area (Å²) in [5.41, 5.74) is 1.96. The zero-order valence-electron chi connectivity index (χ0n) is 11.3. The summed E-state index contributed by atoms with van der Waals surface area (Å²) < 4.78 is 0. The Morgan fingerprint density at radius 1 is 1.39 bits per heavy atom. The largest absolute Gasteiger partial charge is 0.392 e. The number of aliphatic hydroxyl groups excluding tert-OH is 1. The lowest BCUT2D eigenvalue weighted by Gasteiger charge is -2.21. The molecule has 0 bridgehead atoms. The minimum Gasteiger partial charge on any atom is -0.392 e. The number of benzene rings is 1. The van der Waals surface area contributed by atoms with Gasteiger partial charge in [0.15, 0.2) is 0 Å². The summed E-state index contributed by atoms with van der Waals surface area (Å²) in [6.45, 7) is 4.98. The van der Waals surface area contributed by atoms with E-state index in [1.54, 1.807) is 11.9 Å². The zero-order valence-corrected chi connectivity index (χ0v) is 11.3. The highest BCUT2D eigenvalue weighted by Gasteiger charge is 2.10. The standard InChI is InChI=1S/C14H22N2O2/c1-11(2)16(3)14(18)9-15-8-12-5-4-6-13(7-12)10-17/h4-7,11,15,17H,8-10H2,1-3H3. The first kappa shape index (κ1) is 14.7. The molecular formula is C14H22N2O2. The van der Waals surface area contributed by atoms with Crippen molar-refractivity contribution in [3.05, 3.63) is 35.4 Å². The van der Waals surface area contributed by atoms with Gasteiger partial charge in [-0.25, -0.2) is 0 Å². The Kier molecular flexibility index (Phi) is 5.82. The molecule has 0 unspecified atom stereocenters. The van der Waals surface area contributed by atoms with Crippen molar-refractivity contribution in [2.24, 2.45) is 0 Å². The maximum absolute atomic E-state index is 11.7. The Hall–Kier alpha value is -1.39. The third-order valence-corrected chi connectivity index (χ3v) is 2.95. The second kappa shape index (κ2) is 7.13. The zero-order chi connectivity index (χ0) is 13.5. The van der Waals surface area contributed by atoms with E-state index in [4.69, 9.17) is 5.11 Å². The van der Waals surface area contributed by atoms with Crippen LogP contribution in [0.4, 0.5) is 0 Å². The Morgan fingerprint density at radius 3 is 2.67 bits per heavy atom. The fourth-order valence-electron chi connectivity index (χ4n) is 1.56. The first-order valence-electron chi connectivity index (χ1n) is 6.19. The van der Waals surface area contributed by atoms with Gasteiger partial charge in [-0.3, -0.25) is 4.79 Å². The van der Waals surface area contributed by atoms with Crippen molar-refractivity contribution < 1.29 is 9.90 Å². The van der Waals surface area contributed by atoms with Gasteiger partial charge in [-0.15, -0.1) is 0 Å². The molecule has 0 aromatic heterocycles. The summed E-state index contributed by atoms with van der Waals surface area (Å²) in [5.74, 6) is 0.0864. The summed E-state index contributed by atoms with van der Waals surface area (Å²) in [4.78, 5) is 13.4. The van der Waals surface area contributed by atoms with Crippen LogP contribution in [0, 0.1) is 0 Å². The van der Waals surface area contributed by atoms with Crippen molar-refractivity contribution in [2.75, 3.05) is 13.6 Å². The van der Waals surface area contributed by atoms with Gasteiger partial charge >= 0.3 is 0 Å². The van der Waals surface area contributed by atoms with Crippen molar-refractivity contribution in [2.45, 2.75) is 33.0 Å². The van der Waals surface area contributed by atoms with E-state index in [1.807, 2.05) is 38.1 Å². The Balaban J connectivity index is 2.39. The van der Waals surface area contributed by atoms with E-state index in [0.29, 0.717) is 13.1 Å². The van der Waals surface area contributed by atoms with Crippen LogP contribution >= 0.6 is 0 Å². The quantitative estimate of drug-likeness (QED) is 0.796. The smallest absolute Gasteiger partial charge is 0.236 e. The van der Waals surface area contributed by atoms with Crippen LogP contribution in [0.2, 0.25) is 0 Å². The molecule has 0 radical (unpaired) electrons. The molecular weight excluding hydrogens is 228 g/mol. The van der Waals surface area contributed by atoms with E-state index in [9.17, 15) is 4.79 Å². The van der Waals surface area contributed by atoms with Gasteiger partial charge in [0.25, 0.3) is 0 Å². The van der Waals surface area contributed by atoms with E-state index in [2.05, 4.69) is 5.32 Å². The van der Waals surface area contributed by atoms with E-state index in [1.165, 1.54) is 0 Å². The number of likely N-dealkylation sites (N-methyl/N-ethyl adjacent to an activating group) is 1. The molecule has 1 aromatic rings. The van der Waals surface area contributed by atoms with Crippen molar-refractivity contribution in [3.8, 4) is 0 Å². The lowest BCUT2D eigenvalue weighted by Crippen LogP contribution is -2.39. The van der Waals surface area contributed by atoms with E-state index in [0.717, 1.165) is 11.1 Å². The minimum atomic E-state index is 0.0445. The molecule has 18 heavy (non-hydrogen) atoms. The maximum Gasteiger partial charge on any atom is 0.236 e. The Morgan fingerprint density at radius 2 is 2.06 bits per heavy atom. The Labute approximate surface area is 109 Å². The molecule has 1 rings (SSSR count). The first-order valence-corrected chi connectivity index (χ1v) is 6.19. The van der Waals surface area contributed by atoms with Gasteiger partial charge in [-0.1, -0.05) is 24.3 Å². The van der Waals surface area contributed by atoms with Gasteiger partial charge in [-0.05, 0) is 25.0 Å². The van der Waals surface area contributed by atoms with Gasteiger partial charge in [0.05, 0.1) is 13.2 Å². The van der Waals surface area contributed by atoms with Crippen LogP contribution in [0.5, 0.6) is 0 Å². The van der Waals surface area contributed by atoms with Gasteiger partial charge in [0.2, 0.25) is 5.91 Å². The van der Waals surface area contributed by atoms with Crippen LogP contribution in [0.25, 0.3) is 0 Å². The van der Waals surface area contributed by atoms with Crippen molar-refractivity contribution in [1.29, 1.82) is 0 Å². The van der Waals surface area contributed by atoms with E-state index >= 15 is 0 Å². The van der Waals surface area contributed by atoms with Crippen molar-refractivity contribution >= 4 is 5.91 Å². The molecule has 1 amide bonds. The normalized spacial score (nSPS) is 10.7. The predicted octanol–water partition coefficient (Wildman–Crippen LogP) is 1.14. The van der Waals surface area contributed by atoms with Crippen LogP contribution in [-0.4, -0.2) is 35.5 Å². The summed E-state index contributed by atoms with van der Waals surface area (Å²) in [6.07, 6.45) is 0. The van der Waals surface area contributed by atoms with Crippen LogP contribution < -0.4 is 5.32 Å². The van der Waals surface area contributed by atoms with Crippen LogP contribution in [0.3, 0.4) is 0 Å². The molecule has 4 nitrogen and oxygen atoms in total. The molecule has 0 atom stereocenters. The first-order chi connectivity index (χ1) is 8.54. The molecule has 0 spiro atoms. The SMILES string of the molecule is CC(C)N(C)C(=O)CNCc1cccc(CO)c1. The summed E-state index contributed by atoms with van der Waals surface area (Å²) in [7, 11) is 1.81. The van der Waals surface area contributed by atoms with E-state index < -0.39 is 0 Å². The van der Waals surface area contributed by atoms with Crippen LogP contribution in [0.15, 0.2) is 24.3 Å². The van der Waals surface area contributed by atoms with Crippen molar-refractivity contribution in [1.82, 2.24) is 10.2 Å². The van der Waals surface area contributed by atoms with Gasteiger partial charge in [0, 0.05) is 19.6 Å². The number of nitrogens with one attached hydrogen (secondary N) is 1. The van der Waals surface area contributed by atoms with Gasteiger partial charge < -0.3 is 15.3 Å². The summed E-state index contributed by atoms with van der Waals surface area (Å²) >= 11 is 0. The van der Waals surface area contributed by atoms with Crippen molar-refractivity contribution in [3.63, 3.8) is 0 Å². The number of carbonyl (C=O) groups is 1. The van der Waals surface area contributed by atoms with Crippen LogP contribution in [0.1, 0.15) is 25.0 Å². The number of hydrogen-bond donors (Lipinski definition) is 2. The third kappa shape index (κ3) is 4.47. The predicted molar refractivity (Wildman–Crippen MR) is 72.0 cm³/mol. The molecule has 0 saturated carbocycles. The van der Waals surface area contributed by atoms with Gasteiger partial charge in [-0.2, -0.15) is 0 Å². The average molecular weight is 250 g/mol. The van der Waals surface area contributed by atoms with Gasteiger partial charge in [0.1, 0.15) is 0 Å². The third-order valence-electron chi connectivity index (χ3n) is 2.95. The highest BCUT2D eigenvalue weighted by Crippen LogP contribution is 2.04. The second-order valence-electron chi connectivity index (χ2n) is 4.68. The number of amides is 1. The lowest BCUT2D eigenvalue weighted by molar-refractivity contribution is -0.130. The fraction of sp³-hybridized carbons (Fsp3) is 0.500. The number of nitrogens with zero attached hydrogens (tertiary/aromatic N) is 1. The molecule has 0 heterocycles. The summed E-state index contributed by atoms with van der Waals surface area (Å²) in [6, 6.07) is 7.91. The Bertz CT molecular complexity index is 391. The number of rotatable bonds is 6. The molecule has 0 saturated heterocycles. The highest BCUT2D eigenvalue weighted by molar-refractivity contribution is 5.78. The highest BCUT2D eigenvalue weighted by atomic mass is 16.3. The van der Waals surface area contributed by atoms with E-state index in [-0.39, 0.29) is 18.6 Å². The second-order valence-corrected chi connectivity index (χ2v) is 4.68. The molecule has 1 aromatic carbocycles. The number of carbonyl (C=O) groups excluding carboxylic acids is 1. The molecule has 100 valence electrons. The summed E-state index contributed by atoms with van der Waals surface area (Å²) in [5, 5.41) is 12.1. The van der Waals surface area contributed by atoms with Crippen LogP contribution in [-0.2, 0) is 17.9 Å². The molecule has 0 aliphatic rings. The fourth-order valence-corrected chi connectivity index (χ4v) is 1.56. The number of hydrogen-bond acceptors (Lipinski definition) is 3. The number of aliphatic hydroxyl groups is 1. The molecule has 0 aliphatic heterocycles. The maximum atomic E-state index is 11.7. The molecule has 0 fully saturated rings.